The van der Waals surface area contributed by atoms with E-state index in [0.717, 1.165) is 11.4 Å². The van der Waals surface area contributed by atoms with Crippen LogP contribution < -0.4 is 10.6 Å². The van der Waals surface area contributed by atoms with E-state index in [1.807, 2.05) is 37.3 Å². The highest BCUT2D eigenvalue weighted by molar-refractivity contribution is 5.92. The van der Waals surface area contributed by atoms with Crippen molar-refractivity contribution in [2.75, 3.05) is 11.9 Å². The van der Waals surface area contributed by atoms with Crippen molar-refractivity contribution in [3.05, 3.63) is 60.4 Å². The molecule has 0 fully saturated rings. The lowest BCUT2D eigenvalue weighted by Crippen LogP contribution is -2.24. The predicted octanol–water partition coefficient (Wildman–Crippen LogP) is 2.44. The summed E-state index contributed by atoms with van der Waals surface area (Å²) >= 11 is 0. The minimum atomic E-state index is -0.244. The highest BCUT2D eigenvalue weighted by Gasteiger charge is 2.09. The Hall–Kier alpha value is -2.69. The average molecular weight is 268 g/mol. The molecule has 2 aromatic rings. The smallest absolute Gasteiger partial charge is 0.270 e. The normalized spacial score (nSPS) is 9.85. The first-order valence-corrected chi connectivity index (χ1v) is 6.26. The molecule has 5 heteroatoms. The number of nitrogens with zero attached hydrogens (tertiary/aromatic N) is 2. The van der Waals surface area contributed by atoms with Gasteiger partial charge in [-0.05, 0) is 25.1 Å². The van der Waals surface area contributed by atoms with Crippen molar-refractivity contribution in [2.45, 2.75) is 6.92 Å². The summed E-state index contributed by atoms with van der Waals surface area (Å²) in [4.78, 5) is 20.4. The van der Waals surface area contributed by atoms with Crippen LogP contribution in [-0.4, -0.2) is 22.4 Å². The fraction of sp³-hybridized carbons (Fsp3) is 0.133. The van der Waals surface area contributed by atoms with Gasteiger partial charge in [-0.25, -0.2) is 9.97 Å². The third-order valence-corrected chi connectivity index (χ3v) is 2.52. The summed E-state index contributed by atoms with van der Waals surface area (Å²) in [5.74, 6) is 0.159. The van der Waals surface area contributed by atoms with Gasteiger partial charge in [0, 0.05) is 17.9 Å². The van der Waals surface area contributed by atoms with E-state index in [1.54, 1.807) is 12.1 Å². The molecule has 0 aliphatic rings. The van der Waals surface area contributed by atoms with Crippen molar-refractivity contribution < 1.29 is 4.79 Å². The summed E-state index contributed by atoms with van der Waals surface area (Å²) in [6.45, 7) is 5.79. The van der Waals surface area contributed by atoms with Crippen LogP contribution in [0.15, 0.2) is 49.1 Å². The fourth-order valence-corrected chi connectivity index (χ4v) is 1.65. The number of hydrogen-bond acceptors (Lipinski definition) is 4. The van der Waals surface area contributed by atoms with E-state index in [0.29, 0.717) is 18.2 Å². The summed E-state index contributed by atoms with van der Waals surface area (Å²) in [6, 6.07) is 11.2. The van der Waals surface area contributed by atoms with E-state index in [9.17, 15) is 4.79 Å². The fourth-order valence-electron chi connectivity index (χ4n) is 1.65. The quantitative estimate of drug-likeness (QED) is 0.817. The Balaban J connectivity index is 2.20. The van der Waals surface area contributed by atoms with Crippen LogP contribution in [0.5, 0.6) is 0 Å². The van der Waals surface area contributed by atoms with Crippen molar-refractivity contribution in [2.24, 2.45) is 0 Å². The van der Waals surface area contributed by atoms with Crippen LogP contribution in [0.4, 0.5) is 11.6 Å². The van der Waals surface area contributed by atoms with Crippen LogP contribution in [0.25, 0.3) is 0 Å². The molecule has 0 unspecified atom stereocenters. The molecule has 0 saturated carbocycles. The van der Waals surface area contributed by atoms with E-state index in [4.69, 9.17) is 0 Å². The SMILES string of the molecule is C=CCNC(=O)c1cc(C)nc(Nc2ccccc2)n1. The number of carbonyl (C=O) groups is 1. The van der Waals surface area contributed by atoms with Gasteiger partial charge in [-0.1, -0.05) is 24.3 Å². The highest BCUT2D eigenvalue weighted by Crippen LogP contribution is 2.13. The number of benzene rings is 1. The number of anilines is 2. The van der Waals surface area contributed by atoms with E-state index in [2.05, 4.69) is 27.2 Å². The lowest BCUT2D eigenvalue weighted by atomic mass is 10.3. The van der Waals surface area contributed by atoms with Crippen molar-refractivity contribution >= 4 is 17.5 Å². The van der Waals surface area contributed by atoms with E-state index in [1.165, 1.54) is 0 Å². The highest BCUT2D eigenvalue weighted by atomic mass is 16.1. The molecular formula is C15H16N4O. The van der Waals surface area contributed by atoms with Gasteiger partial charge in [0.1, 0.15) is 5.69 Å². The predicted molar refractivity (Wildman–Crippen MR) is 79.0 cm³/mol. The minimum Gasteiger partial charge on any atom is -0.347 e. The first-order valence-electron chi connectivity index (χ1n) is 6.26. The van der Waals surface area contributed by atoms with Gasteiger partial charge < -0.3 is 10.6 Å². The molecule has 0 atom stereocenters. The Morgan fingerprint density at radius 2 is 2.05 bits per heavy atom. The monoisotopic (exact) mass is 268 g/mol. The molecular weight excluding hydrogens is 252 g/mol. The van der Waals surface area contributed by atoms with Crippen LogP contribution in [-0.2, 0) is 0 Å². The number of aryl methyl sites for hydroxylation is 1. The third-order valence-electron chi connectivity index (χ3n) is 2.52. The van der Waals surface area contributed by atoms with Gasteiger partial charge in [-0.15, -0.1) is 6.58 Å². The first kappa shape index (κ1) is 13.7. The molecule has 20 heavy (non-hydrogen) atoms. The summed E-state index contributed by atoms with van der Waals surface area (Å²) < 4.78 is 0. The molecule has 0 aliphatic heterocycles. The van der Waals surface area contributed by atoms with Crippen molar-refractivity contribution in [1.29, 1.82) is 0 Å². The van der Waals surface area contributed by atoms with E-state index in [-0.39, 0.29) is 5.91 Å². The average Bonchev–Trinajstić information content (AvgIpc) is 2.45. The maximum atomic E-state index is 11.9. The second kappa shape index (κ2) is 6.47. The Morgan fingerprint density at radius 3 is 2.75 bits per heavy atom. The topological polar surface area (TPSA) is 66.9 Å². The van der Waals surface area contributed by atoms with Gasteiger partial charge in [0.05, 0.1) is 0 Å². The molecule has 1 aromatic carbocycles. The number of hydrogen-bond donors (Lipinski definition) is 2. The van der Waals surface area contributed by atoms with Crippen molar-refractivity contribution in [1.82, 2.24) is 15.3 Å². The first-order chi connectivity index (χ1) is 9.69. The maximum absolute atomic E-state index is 11.9. The molecule has 0 aliphatic carbocycles. The van der Waals surface area contributed by atoms with Crippen LogP contribution in [0.1, 0.15) is 16.2 Å². The van der Waals surface area contributed by atoms with Gasteiger partial charge in [-0.3, -0.25) is 4.79 Å². The second-order valence-corrected chi connectivity index (χ2v) is 4.21. The number of aromatic nitrogens is 2. The molecule has 2 N–H and O–H groups in total. The lowest BCUT2D eigenvalue weighted by molar-refractivity contribution is 0.0953. The Morgan fingerprint density at radius 1 is 1.30 bits per heavy atom. The molecule has 1 amide bonds. The van der Waals surface area contributed by atoms with Crippen LogP contribution in [0.3, 0.4) is 0 Å². The standard InChI is InChI=1S/C15H16N4O/c1-3-9-16-14(20)13-10-11(2)17-15(19-13)18-12-7-5-4-6-8-12/h3-8,10H,1,9H2,2H3,(H,16,20)(H,17,18,19). The molecule has 0 spiro atoms. The zero-order chi connectivity index (χ0) is 14.4. The molecule has 0 radical (unpaired) electrons. The molecule has 1 heterocycles. The number of para-hydroxylation sites is 1. The largest absolute Gasteiger partial charge is 0.347 e. The molecule has 102 valence electrons. The van der Waals surface area contributed by atoms with Crippen molar-refractivity contribution in [3.8, 4) is 0 Å². The van der Waals surface area contributed by atoms with Gasteiger partial charge >= 0.3 is 0 Å². The van der Waals surface area contributed by atoms with E-state index < -0.39 is 0 Å². The van der Waals surface area contributed by atoms with E-state index >= 15 is 0 Å². The lowest BCUT2D eigenvalue weighted by Gasteiger charge is -2.08. The van der Waals surface area contributed by atoms with Crippen LogP contribution in [0.2, 0.25) is 0 Å². The summed E-state index contributed by atoms with van der Waals surface area (Å²) in [5.41, 5.74) is 1.93. The Kier molecular flexibility index (Phi) is 4.44. The Bertz CT molecular complexity index is 611. The molecule has 5 nitrogen and oxygen atoms in total. The van der Waals surface area contributed by atoms with Gasteiger partial charge in [0.15, 0.2) is 0 Å². The number of carbonyl (C=O) groups excluding carboxylic acids is 1. The summed E-state index contributed by atoms with van der Waals surface area (Å²) in [5, 5.41) is 5.77. The zero-order valence-electron chi connectivity index (χ0n) is 11.3. The number of nitrogens with one attached hydrogen (secondary N) is 2. The van der Waals surface area contributed by atoms with Crippen molar-refractivity contribution in [3.63, 3.8) is 0 Å². The molecule has 0 saturated heterocycles. The van der Waals surface area contributed by atoms with Crippen LogP contribution >= 0.6 is 0 Å². The maximum Gasteiger partial charge on any atom is 0.270 e. The van der Waals surface area contributed by atoms with Crippen LogP contribution in [0, 0.1) is 6.92 Å². The van der Waals surface area contributed by atoms with Gasteiger partial charge in [0.2, 0.25) is 5.95 Å². The zero-order valence-corrected chi connectivity index (χ0v) is 11.3. The molecule has 0 bridgehead atoms. The minimum absolute atomic E-state index is 0.244. The number of rotatable bonds is 5. The molecule has 1 aromatic heterocycles. The van der Waals surface area contributed by atoms with Gasteiger partial charge in [0.25, 0.3) is 5.91 Å². The third kappa shape index (κ3) is 3.65. The Labute approximate surface area is 117 Å². The van der Waals surface area contributed by atoms with Gasteiger partial charge in [-0.2, -0.15) is 0 Å². The summed E-state index contributed by atoms with van der Waals surface area (Å²) in [7, 11) is 0. The summed E-state index contributed by atoms with van der Waals surface area (Å²) in [6.07, 6.45) is 1.62. The number of amides is 1. The molecule has 2 rings (SSSR count). The second-order valence-electron chi connectivity index (χ2n) is 4.21.